The lowest BCUT2D eigenvalue weighted by Crippen LogP contribution is -2.45. The third-order valence-electron chi connectivity index (χ3n) is 3.64. The van der Waals surface area contributed by atoms with Crippen LogP contribution in [0.4, 0.5) is 4.39 Å². The van der Waals surface area contributed by atoms with Crippen LogP contribution in [-0.4, -0.2) is 24.5 Å². The first kappa shape index (κ1) is 14.6. The number of benzene rings is 1. The second-order valence-corrected chi connectivity index (χ2v) is 5.83. The van der Waals surface area contributed by atoms with Crippen LogP contribution >= 0.6 is 0 Å². The number of hydrogen-bond acceptors (Lipinski definition) is 2. The van der Waals surface area contributed by atoms with Crippen molar-refractivity contribution >= 4 is 5.91 Å². The van der Waals surface area contributed by atoms with Crippen LogP contribution in [0.1, 0.15) is 26.3 Å². The van der Waals surface area contributed by atoms with Crippen molar-refractivity contribution in [2.75, 3.05) is 13.7 Å². The highest BCUT2D eigenvalue weighted by molar-refractivity contribution is 5.94. The third kappa shape index (κ3) is 2.69. The molecule has 108 valence electrons. The number of rotatable bonds is 3. The van der Waals surface area contributed by atoms with E-state index in [4.69, 9.17) is 4.74 Å². The van der Waals surface area contributed by atoms with E-state index in [9.17, 15) is 9.18 Å². The van der Waals surface area contributed by atoms with E-state index in [0.717, 1.165) is 11.3 Å². The average molecular weight is 277 g/mol. The zero-order chi connectivity index (χ0) is 14.9. The molecule has 0 saturated heterocycles. The van der Waals surface area contributed by atoms with Crippen LogP contribution in [0.15, 0.2) is 35.6 Å². The summed E-state index contributed by atoms with van der Waals surface area (Å²) < 4.78 is 18.3. The molecule has 1 aromatic carbocycles. The van der Waals surface area contributed by atoms with Crippen LogP contribution in [-0.2, 0) is 16.1 Å². The minimum Gasteiger partial charge on any atom is -0.500 e. The zero-order valence-corrected chi connectivity index (χ0v) is 12.4. The number of ether oxygens (including phenoxy) is 1. The van der Waals surface area contributed by atoms with Crippen LogP contribution in [0.2, 0.25) is 0 Å². The molecule has 0 bridgehead atoms. The van der Waals surface area contributed by atoms with Gasteiger partial charge in [0, 0.05) is 18.5 Å². The van der Waals surface area contributed by atoms with Gasteiger partial charge in [-0.05, 0) is 24.6 Å². The molecule has 0 aromatic heterocycles. The Morgan fingerprint density at radius 3 is 2.45 bits per heavy atom. The first-order valence-corrected chi connectivity index (χ1v) is 6.64. The monoisotopic (exact) mass is 277 g/mol. The summed E-state index contributed by atoms with van der Waals surface area (Å²) in [5, 5.41) is 0. The molecule has 0 fully saturated rings. The van der Waals surface area contributed by atoms with Gasteiger partial charge in [0.15, 0.2) is 0 Å². The summed E-state index contributed by atoms with van der Waals surface area (Å²) in [6, 6.07) is 6.25. The van der Waals surface area contributed by atoms with Gasteiger partial charge in [-0.2, -0.15) is 0 Å². The van der Waals surface area contributed by atoms with E-state index in [-0.39, 0.29) is 17.1 Å². The lowest BCUT2D eigenvalue weighted by molar-refractivity contribution is -0.131. The molecule has 20 heavy (non-hydrogen) atoms. The first-order chi connectivity index (χ1) is 9.35. The smallest absolute Gasteiger partial charge is 0.253 e. The Bertz CT molecular complexity index is 546. The Morgan fingerprint density at radius 2 is 1.90 bits per heavy atom. The van der Waals surface area contributed by atoms with Gasteiger partial charge < -0.3 is 9.64 Å². The second kappa shape index (κ2) is 5.27. The summed E-state index contributed by atoms with van der Waals surface area (Å²) in [7, 11) is 1.60. The fourth-order valence-electron chi connectivity index (χ4n) is 2.83. The minimum absolute atomic E-state index is 0.0227. The summed E-state index contributed by atoms with van der Waals surface area (Å²) in [6.45, 7) is 6.97. The van der Waals surface area contributed by atoms with Crippen molar-refractivity contribution in [2.45, 2.75) is 27.3 Å². The van der Waals surface area contributed by atoms with Crippen LogP contribution in [0.3, 0.4) is 0 Å². The number of nitrogens with zero attached hydrogens (tertiary/aromatic N) is 1. The molecule has 0 radical (unpaired) electrons. The van der Waals surface area contributed by atoms with Crippen molar-refractivity contribution in [3.63, 3.8) is 0 Å². The molecule has 1 heterocycles. The molecule has 0 spiro atoms. The Kier molecular flexibility index (Phi) is 3.84. The lowest BCUT2D eigenvalue weighted by atomic mass is 9.84. The van der Waals surface area contributed by atoms with Crippen molar-refractivity contribution in [2.24, 2.45) is 5.41 Å². The number of hydrogen-bond donors (Lipinski definition) is 0. The predicted molar refractivity (Wildman–Crippen MR) is 75.3 cm³/mol. The summed E-state index contributed by atoms with van der Waals surface area (Å²) >= 11 is 0. The Morgan fingerprint density at radius 1 is 1.30 bits per heavy atom. The maximum absolute atomic E-state index is 12.9. The number of amides is 1. The quantitative estimate of drug-likeness (QED) is 0.849. The molecule has 0 N–H and O–H groups in total. The molecule has 0 unspecified atom stereocenters. The molecule has 0 aliphatic carbocycles. The Labute approximate surface area is 119 Å². The van der Waals surface area contributed by atoms with Crippen molar-refractivity contribution in [1.29, 1.82) is 0 Å². The van der Waals surface area contributed by atoms with E-state index in [1.807, 2.05) is 0 Å². The molecule has 2 rings (SSSR count). The summed E-state index contributed by atoms with van der Waals surface area (Å²) in [4.78, 5) is 14.2. The number of carbonyl (C=O) groups is 1. The summed E-state index contributed by atoms with van der Waals surface area (Å²) in [5.74, 6) is 0.458. The minimum atomic E-state index is -0.267. The summed E-state index contributed by atoms with van der Waals surface area (Å²) in [5.41, 5.74) is 1.35. The fraction of sp³-hybridized carbons (Fsp3) is 0.438. The molecule has 1 aliphatic rings. The fourth-order valence-corrected chi connectivity index (χ4v) is 2.83. The number of halogens is 1. The van der Waals surface area contributed by atoms with Crippen LogP contribution < -0.4 is 0 Å². The highest BCUT2D eigenvalue weighted by atomic mass is 19.1. The molecular formula is C16H20FNO2. The zero-order valence-electron chi connectivity index (χ0n) is 12.4. The van der Waals surface area contributed by atoms with Gasteiger partial charge in [0.2, 0.25) is 0 Å². The Balaban J connectivity index is 2.25. The van der Waals surface area contributed by atoms with Crippen molar-refractivity contribution in [1.82, 2.24) is 4.90 Å². The van der Waals surface area contributed by atoms with Crippen LogP contribution in [0, 0.1) is 11.2 Å². The predicted octanol–water partition coefficient (Wildman–Crippen LogP) is 3.11. The van der Waals surface area contributed by atoms with Crippen LogP contribution in [0.25, 0.3) is 0 Å². The maximum atomic E-state index is 12.9. The average Bonchev–Trinajstić information content (AvgIpc) is 2.38. The van der Waals surface area contributed by atoms with E-state index in [2.05, 4.69) is 13.8 Å². The van der Waals surface area contributed by atoms with Gasteiger partial charge in [0.05, 0.1) is 12.7 Å². The molecular weight excluding hydrogens is 257 g/mol. The molecule has 4 heteroatoms. The van der Waals surface area contributed by atoms with E-state index in [0.29, 0.717) is 18.7 Å². The lowest BCUT2D eigenvalue weighted by Gasteiger charge is -2.39. The van der Waals surface area contributed by atoms with Crippen LogP contribution in [0.5, 0.6) is 0 Å². The van der Waals surface area contributed by atoms with Crippen molar-refractivity contribution in [3.8, 4) is 0 Å². The van der Waals surface area contributed by atoms with Gasteiger partial charge >= 0.3 is 0 Å². The topological polar surface area (TPSA) is 29.5 Å². The van der Waals surface area contributed by atoms with E-state index in [1.165, 1.54) is 12.1 Å². The maximum Gasteiger partial charge on any atom is 0.253 e. The highest BCUT2D eigenvalue weighted by Crippen LogP contribution is 2.35. The SMILES string of the molecule is COC1=C(C)C(=O)N(Cc2ccc(F)cc2)CC1(C)C. The van der Waals surface area contributed by atoms with Gasteiger partial charge in [-0.15, -0.1) is 0 Å². The normalized spacial score (nSPS) is 18.4. The summed E-state index contributed by atoms with van der Waals surface area (Å²) in [6.07, 6.45) is 0. The van der Waals surface area contributed by atoms with E-state index in [1.54, 1.807) is 31.1 Å². The number of methoxy groups -OCH3 is 1. The van der Waals surface area contributed by atoms with Gasteiger partial charge in [0.1, 0.15) is 11.6 Å². The van der Waals surface area contributed by atoms with E-state index < -0.39 is 0 Å². The van der Waals surface area contributed by atoms with Crippen molar-refractivity contribution in [3.05, 3.63) is 47.0 Å². The van der Waals surface area contributed by atoms with Gasteiger partial charge in [-0.3, -0.25) is 4.79 Å². The largest absolute Gasteiger partial charge is 0.500 e. The number of carbonyl (C=O) groups excluding carboxylic acids is 1. The second-order valence-electron chi connectivity index (χ2n) is 5.83. The molecule has 1 amide bonds. The van der Waals surface area contributed by atoms with Gasteiger partial charge in [-0.1, -0.05) is 26.0 Å². The molecule has 0 saturated carbocycles. The molecule has 1 aromatic rings. The third-order valence-corrected chi connectivity index (χ3v) is 3.64. The molecule has 0 atom stereocenters. The standard InChI is InChI=1S/C16H20FNO2/c1-11-14(20-4)16(2,3)10-18(15(11)19)9-12-5-7-13(17)8-6-12/h5-8H,9-10H2,1-4H3. The van der Waals surface area contributed by atoms with Gasteiger partial charge in [0.25, 0.3) is 5.91 Å². The Hall–Kier alpha value is -1.84. The van der Waals surface area contributed by atoms with E-state index >= 15 is 0 Å². The van der Waals surface area contributed by atoms with Crippen molar-refractivity contribution < 1.29 is 13.9 Å². The van der Waals surface area contributed by atoms with Gasteiger partial charge in [-0.25, -0.2) is 4.39 Å². The first-order valence-electron chi connectivity index (χ1n) is 6.64. The highest BCUT2D eigenvalue weighted by Gasteiger charge is 2.38. The molecule has 1 aliphatic heterocycles. The molecule has 3 nitrogen and oxygen atoms in total.